The van der Waals surface area contributed by atoms with Gasteiger partial charge < -0.3 is 10.1 Å². The molecule has 1 heterocycles. The van der Waals surface area contributed by atoms with Crippen molar-refractivity contribution in [2.24, 2.45) is 0 Å². The van der Waals surface area contributed by atoms with Gasteiger partial charge in [-0.3, -0.25) is 19.5 Å². The van der Waals surface area contributed by atoms with Crippen molar-refractivity contribution in [2.45, 2.75) is 19.7 Å². The van der Waals surface area contributed by atoms with Crippen LogP contribution in [0.3, 0.4) is 0 Å². The molecule has 0 atom stereocenters. The standard InChI is InChI=1S/C27H23F3N4O3/c1-3-24(35)31-20-9-6-10-21(15-20)34-23-12-11-17(16-37-4-2)13-22(23)32-26(34)33-25(36)18-7-5-8-19(14-18)27(28,29)30/h3,5-15H,1,4,16H2,2H3,(H,31,35)(H,32,33,36). The molecule has 0 bridgehead atoms. The summed E-state index contributed by atoms with van der Waals surface area (Å²) in [6.07, 6.45) is -3.45. The average molecular weight is 509 g/mol. The maximum Gasteiger partial charge on any atom is 0.416 e. The topological polar surface area (TPSA) is 85.3 Å². The van der Waals surface area contributed by atoms with Gasteiger partial charge in [0.15, 0.2) is 0 Å². The second-order valence-electron chi connectivity index (χ2n) is 8.01. The first kappa shape index (κ1) is 25.6. The molecule has 0 aliphatic rings. The summed E-state index contributed by atoms with van der Waals surface area (Å²) in [5.41, 5.74) is 1.97. The van der Waals surface area contributed by atoms with Crippen molar-refractivity contribution in [3.63, 3.8) is 0 Å². The Morgan fingerprint density at radius 1 is 1.05 bits per heavy atom. The number of anilines is 2. The number of benzene rings is 3. The van der Waals surface area contributed by atoms with E-state index in [0.717, 1.165) is 23.8 Å². The number of imidazole rings is 1. The number of hydrogen-bond acceptors (Lipinski definition) is 4. The summed E-state index contributed by atoms with van der Waals surface area (Å²) >= 11 is 0. The number of alkyl halides is 3. The van der Waals surface area contributed by atoms with Gasteiger partial charge in [-0.25, -0.2) is 4.98 Å². The maximum atomic E-state index is 13.2. The highest BCUT2D eigenvalue weighted by Crippen LogP contribution is 2.31. The number of nitrogens with one attached hydrogen (secondary N) is 2. The summed E-state index contributed by atoms with van der Waals surface area (Å²) in [7, 11) is 0. The summed E-state index contributed by atoms with van der Waals surface area (Å²) in [5.74, 6) is -1.06. The molecule has 0 unspecified atom stereocenters. The van der Waals surface area contributed by atoms with Gasteiger partial charge in [-0.2, -0.15) is 13.2 Å². The van der Waals surface area contributed by atoms with Crippen LogP contribution in [0.5, 0.6) is 0 Å². The minimum atomic E-state index is -4.59. The molecular weight excluding hydrogens is 485 g/mol. The van der Waals surface area contributed by atoms with Gasteiger partial charge in [-0.1, -0.05) is 24.8 Å². The van der Waals surface area contributed by atoms with E-state index in [-0.39, 0.29) is 11.5 Å². The molecule has 10 heteroatoms. The average Bonchev–Trinajstić information content (AvgIpc) is 3.24. The summed E-state index contributed by atoms with van der Waals surface area (Å²) in [6.45, 7) is 6.23. The Morgan fingerprint density at radius 2 is 1.84 bits per heavy atom. The van der Waals surface area contributed by atoms with Gasteiger partial charge in [0.05, 0.1) is 28.9 Å². The van der Waals surface area contributed by atoms with Crippen molar-refractivity contribution in [2.75, 3.05) is 17.2 Å². The second-order valence-corrected chi connectivity index (χ2v) is 8.01. The van der Waals surface area contributed by atoms with E-state index in [1.807, 2.05) is 25.1 Å². The summed E-state index contributed by atoms with van der Waals surface area (Å²) < 4.78 is 46.6. The van der Waals surface area contributed by atoms with E-state index in [1.54, 1.807) is 28.8 Å². The first-order valence-corrected chi connectivity index (χ1v) is 11.3. The minimum Gasteiger partial charge on any atom is -0.377 e. The van der Waals surface area contributed by atoms with Gasteiger partial charge in [0, 0.05) is 17.9 Å². The Labute approximate surface area is 210 Å². The van der Waals surface area contributed by atoms with Crippen molar-refractivity contribution < 1.29 is 27.5 Å². The highest BCUT2D eigenvalue weighted by atomic mass is 19.4. The number of fused-ring (bicyclic) bond motifs is 1. The van der Waals surface area contributed by atoms with Gasteiger partial charge in [-0.05, 0) is 67.1 Å². The van der Waals surface area contributed by atoms with Gasteiger partial charge in [0.1, 0.15) is 0 Å². The summed E-state index contributed by atoms with van der Waals surface area (Å²) in [4.78, 5) is 29.3. The number of carbonyl (C=O) groups is 2. The van der Waals surface area contributed by atoms with Gasteiger partial charge in [0.25, 0.3) is 5.91 Å². The number of amides is 2. The normalized spacial score (nSPS) is 11.4. The molecule has 37 heavy (non-hydrogen) atoms. The fourth-order valence-electron chi connectivity index (χ4n) is 3.71. The zero-order chi connectivity index (χ0) is 26.6. The van der Waals surface area contributed by atoms with E-state index >= 15 is 0 Å². The van der Waals surface area contributed by atoms with Gasteiger partial charge in [0.2, 0.25) is 11.9 Å². The minimum absolute atomic E-state index is 0.0955. The third kappa shape index (κ3) is 5.87. The fraction of sp³-hybridized carbons (Fsp3) is 0.148. The van der Waals surface area contributed by atoms with Crippen molar-refractivity contribution >= 4 is 34.5 Å². The van der Waals surface area contributed by atoms with Crippen molar-refractivity contribution in [1.82, 2.24) is 9.55 Å². The lowest BCUT2D eigenvalue weighted by atomic mass is 10.1. The van der Waals surface area contributed by atoms with Crippen molar-refractivity contribution in [3.8, 4) is 5.69 Å². The first-order valence-electron chi connectivity index (χ1n) is 11.3. The van der Waals surface area contributed by atoms with E-state index in [0.29, 0.717) is 35.6 Å². The smallest absolute Gasteiger partial charge is 0.377 e. The Balaban J connectivity index is 1.78. The monoisotopic (exact) mass is 508 g/mol. The zero-order valence-electron chi connectivity index (χ0n) is 19.8. The lowest BCUT2D eigenvalue weighted by Gasteiger charge is -2.13. The number of nitrogens with zero attached hydrogens (tertiary/aromatic N) is 2. The Hall–Kier alpha value is -4.44. The number of hydrogen-bond donors (Lipinski definition) is 2. The zero-order valence-corrected chi connectivity index (χ0v) is 19.8. The van der Waals surface area contributed by atoms with Crippen LogP contribution in [0.4, 0.5) is 24.8 Å². The van der Waals surface area contributed by atoms with Crippen LogP contribution in [0.15, 0.2) is 79.4 Å². The quantitative estimate of drug-likeness (QED) is 0.288. The molecule has 3 aromatic carbocycles. The molecule has 0 spiro atoms. The highest BCUT2D eigenvalue weighted by Gasteiger charge is 2.31. The van der Waals surface area contributed by atoms with E-state index in [9.17, 15) is 22.8 Å². The number of halogens is 3. The van der Waals surface area contributed by atoms with E-state index < -0.39 is 23.6 Å². The molecule has 4 aromatic rings. The molecule has 2 amide bonds. The number of rotatable bonds is 8. The third-order valence-corrected chi connectivity index (χ3v) is 5.43. The van der Waals surface area contributed by atoms with Crippen LogP contribution in [-0.4, -0.2) is 28.0 Å². The molecule has 0 aliphatic carbocycles. The molecule has 1 aromatic heterocycles. The number of carbonyl (C=O) groups excluding carboxylic acids is 2. The third-order valence-electron chi connectivity index (χ3n) is 5.43. The molecule has 0 saturated carbocycles. The van der Waals surface area contributed by atoms with Crippen molar-refractivity contribution in [3.05, 3.63) is 96.1 Å². The molecule has 4 rings (SSSR count). The SMILES string of the molecule is C=CC(=O)Nc1cccc(-n2c(NC(=O)c3cccc(C(F)(F)F)c3)nc3cc(COCC)ccc32)c1. The van der Waals surface area contributed by atoms with Crippen molar-refractivity contribution in [1.29, 1.82) is 0 Å². The predicted molar refractivity (Wildman–Crippen MR) is 135 cm³/mol. The molecule has 190 valence electrons. The predicted octanol–water partition coefficient (Wildman–Crippen LogP) is 5.96. The maximum absolute atomic E-state index is 13.2. The Bertz CT molecular complexity index is 1480. The molecular formula is C27H23F3N4O3. The Morgan fingerprint density at radius 3 is 2.57 bits per heavy atom. The number of aromatic nitrogens is 2. The summed E-state index contributed by atoms with van der Waals surface area (Å²) in [5, 5.41) is 5.32. The van der Waals surface area contributed by atoms with Crippen LogP contribution in [-0.2, 0) is 22.3 Å². The molecule has 0 radical (unpaired) electrons. The first-order chi connectivity index (χ1) is 17.7. The van der Waals surface area contributed by atoms with E-state index in [2.05, 4.69) is 22.2 Å². The second kappa shape index (κ2) is 10.7. The Kier molecular flexibility index (Phi) is 7.40. The number of ether oxygens (including phenoxy) is 1. The van der Waals surface area contributed by atoms with Gasteiger partial charge in [-0.15, -0.1) is 0 Å². The molecule has 0 saturated heterocycles. The van der Waals surface area contributed by atoms with Crippen LogP contribution in [0, 0.1) is 0 Å². The van der Waals surface area contributed by atoms with E-state index in [1.165, 1.54) is 12.1 Å². The highest BCUT2D eigenvalue weighted by molar-refractivity contribution is 6.04. The summed E-state index contributed by atoms with van der Waals surface area (Å²) in [6, 6.07) is 16.5. The van der Waals surface area contributed by atoms with E-state index in [4.69, 9.17) is 4.74 Å². The molecule has 0 fully saturated rings. The molecule has 2 N–H and O–H groups in total. The molecule has 0 aliphatic heterocycles. The van der Waals surface area contributed by atoms with Crippen LogP contribution in [0.1, 0.15) is 28.4 Å². The lowest BCUT2D eigenvalue weighted by molar-refractivity contribution is -0.137. The fourth-order valence-corrected chi connectivity index (χ4v) is 3.71. The largest absolute Gasteiger partial charge is 0.416 e. The molecule has 7 nitrogen and oxygen atoms in total. The lowest BCUT2D eigenvalue weighted by Crippen LogP contribution is -2.17. The van der Waals surface area contributed by atoms with Crippen LogP contribution >= 0.6 is 0 Å². The van der Waals surface area contributed by atoms with Crippen LogP contribution in [0.2, 0.25) is 0 Å². The van der Waals surface area contributed by atoms with Crippen LogP contribution < -0.4 is 10.6 Å². The van der Waals surface area contributed by atoms with Gasteiger partial charge >= 0.3 is 6.18 Å². The van der Waals surface area contributed by atoms with Crippen LogP contribution in [0.25, 0.3) is 16.7 Å².